The number of ether oxygens (including phenoxy) is 2. The van der Waals surface area contributed by atoms with Crippen molar-refractivity contribution in [3.05, 3.63) is 59.3 Å². The molecule has 1 fully saturated rings. The molecule has 2 aromatic carbocycles. The highest BCUT2D eigenvalue weighted by Crippen LogP contribution is 2.35. The average Bonchev–Trinajstić information content (AvgIpc) is 3.47. The second-order valence-corrected chi connectivity index (χ2v) is 10.0. The van der Waals surface area contributed by atoms with Crippen molar-refractivity contribution < 1.29 is 19.1 Å². The number of amides is 2. The third-order valence-electron chi connectivity index (χ3n) is 6.66. The molecule has 3 aliphatic rings. The summed E-state index contributed by atoms with van der Waals surface area (Å²) in [5, 5.41) is 0.510. The molecule has 2 amide bonds. The summed E-state index contributed by atoms with van der Waals surface area (Å²) in [6, 6.07) is 13.6. The number of nitrogens with zero attached hydrogens (tertiary/aromatic N) is 3. The van der Waals surface area contributed by atoms with E-state index >= 15 is 0 Å². The van der Waals surface area contributed by atoms with Crippen molar-refractivity contribution in [2.24, 2.45) is 4.99 Å². The van der Waals surface area contributed by atoms with Crippen molar-refractivity contribution in [3.63, 3.8) is 0 Å². The number of hydrogen-bond acceptors (Lipinski definition) is 6. The van der Waals surface area contributed by atoms with Crippen LogP contribution in [-0.2, 0) is 9.59 Å². The minimum atomic E-state index is -0.220. The summed E-state index contributed by atoms with van der Waals surface area (Å²) in [5.41, 5.74) is 2.95. The second-order valence-electron chi connectivity index (χ2n) is 9.10. The molecule has 0 radical (unpaired) electrons. The molecule has 2 heterocycles. The van der Waals surface area contributed by atoms with E-state index in [0.717, 1.165) is 29.7 Å². The number of aryl methyl sites for hydroxylation is 1. The normalized spacial score (nSPS) is 18.8. The Bertz CT molecular complexity index is 1190. The molecule has 7 nitrogen and oxygen atoms in total. The molecule has 2 aromatic rings. The van der Waals surface area contributed by atoms with Crippen LogP contribution in [-0.4, -0.2) is 47.5 Å². The topological polar surface area (TPSA) is 71.4 Å². The van der Waals surface area contributed by atoms with Crippen LogP contribution in [0.1, 0.15) is 43.2 Å². The fraction of sp³-hybridized carbons (Fsp3) is 0.370. The van der Waals surface area contributed by atoms with Crippen LogP contribution in [0.3, 0.4) is 0 Å². The van der Waals surface area contributed by atoms with Gasteiger partial charge in [-0.2, -0.15) is 0 Å². The van der Waals surface area contributed by atoms with Gasteiger partial charge in [0.2, 0.25) is 12.7 Å². The van der Waals surface area contributed by atoms with E-state index in [1.54, 1.807) is 11.0 Å². The molecule has 1 saturated carbocycles. The highest BCUT2D eigenvalue weighted by Gasteiger charge is 2.33. The van der Waals surface area contributed by atoms with Gasteiger partial charge in [-0.3, -0.25) is 14.5 Å². The van der Waals surface area contributed by atoms with E-state index in [1.165, 1.54) is 31.0 Å². The Morgan fingerprint density at radius 1 is 1.11 bits per heavy atom. The zero-order chi connectivity index (χ0) is 24.4. The van der Waals surface area contributed by atoms with Gasteiger partial charge >= 0.3 is 0 Å². The van der Waals surface area contributed by atoms with Crippen LogP contribution in [0, 0.1) is 6.92 Å². The van der Waals surface area contributed by atoms with Crippen molar-refractivity contribution >= 4 is 40.5 Å². The fourth-order valence-corrected chi connectivity index (χ4v) is 5.51. The number of carbonyl (C=O) groups is 2. The van der Waals surface area contributed by atoms with Crippen molar-refractivity contribution in [3.8, 4) is 11.5 Å². The molecule has 0 unspecified atom stereocenters. The first-order valence-corrected chi connectivity index (χ1v) is 13.0. The number of carbonyl (C=O) groups excluding carboxylic acids is 2. The quantitative estimate of drug-likeness (QED) is 0.551. The molecule has 0 saturated heterocycles. The first-order chi connectivity index (χ1) is 17.0. The summed E-state index contributed by atoms with van der Waals surface area (Å²) >= 11 is 1.31. The number of rotatable bonds is 5. The minimum absolute atomic E-state index is 0.0640. The van der Waals surface area contributed by atoms with Crippen LogP contribution >= 0.6 is 11.8 Å². The molecule has 182 valence electrons. The second kappa shape index (κ2) is 10.2. The fourth-order valence-electron chi connectivity index (χ4n) is 4.58. The molecule has 8 heteroatoms. The predicted octanol–water partition coefficient (Wildman–Crippen LogP) is 4.99. The van der Waals surface area contributed by atoms with Crippen LogP contribution in [0.5, 0.6) is 11.5 Å². The number of benzene rings is 2. The number of fused-ring (bicyclic) bond motifs is 1. The third-order valence-corrected chi connectivity index (χ3v) is 7.59. The minimum Gasteiger partial charge on any atom is -0.454 e. The first kappa shape index (κ1) is 23.5. The van der Waals surface area contributed by atoms with Crippen molar-refractivity contribution in [1.29, 1.82) is 0 Å². The number of thioether (sulfide) groups is 1. The number of anilines is 1. The van der Waals surface area contributed by atoms with Crippen molar-refractivity contribution in [2.75, 3.05) is 24.5 Å². The van der Waals surface area contributed by atoms with Gasteiger partial charge in [0.15, 0.2) is 16.7 Å². The lowest BCUT2D eigenvalue weighted by Crippen LogP contribution is -2.40. The number of aliphatic imine (C=N–C) groups is 1. The third kappa shape index (κ3) is 5.07. The van der Waals surface area contributed by atoms with Crippen LogP contribution in [0.2, 0.25) is 0 Å². The Balaban J connectivity index is 1.38. The maximum absolute atomic E-state index is 13.4. The summed E-state index contributed by atoms with van der Waals surface area (Å²) in [4.78, 5) is 34.5. The summed E-state index contributed by atoms with van der Waals surface area (Å²) in [5.74, 6) is 1.41. The zero-order valence-electron chi connectivity index (χ0n) is 20.0. The first-order valence-electron chi connectivity index (χ1n) is 12.0. The van der Waals surface area contributed by atoms with E-state index in [2.05, 4.69) is 4.99 Å². The van der Waals surface area contributed by atoms with E-state index < -0.39 is 0 Å². The molecule has 0 aromatic heterocycles. The zero-order valence-corrected chi connectivity index (χ0v) is 20.8. The van der Waals surface area contributed by atoms with E-state index in [1.807, 2.05) is 61.3 Å². The maximum atomic E-state index is 13.4. The van der Waals surface area contributed by atoms with Gasteiger partial charge < -0.3 is 14.4 Å². The van der Waals surface area contributed by atoms with Gasteiger partial charge in [0.05, 0.1) is 11.4 Å². The predicted molar refractivity (Wildman–Crippen MR) is 139 cm³/mol. The summed E-state index contributed by atoms with van der Waals surface area (Å²) in [7, 11) is 1.89. The molecule has 0 bridgehead atoms. The largest absolute Gasteiger partial charge is 0.454 e. The summed E-state index contributed by atoms with van der Waals surface area (Å²) in [6.45, 7) is 2.20. The molecule has 35 heavy (non-hydrogen) atoms. The Kier molecular flexibility index (Phi) is 6.81. The lowest BCUT2D eigenvalue weighted by atomic mass is 9.94. The molecule has 1 aliphatic carbocycles. The Morgan fingerprint density at radius 2 is 1.86 bits per heavy atom. The highest BCUT2D eigenvalue weighted by molar-refractivity contribution is 8.14. The molecular weight excluding hydrogens is 462 g/mol. The Morgan fingerprint density at radius 3 is 2.63 bits per heavy atom. The smallest absolute Gasteiger partial charge is 0.283 e. The molecule has 0 atom stereocenters. The lowest BCUT2D eigenvalue weighted by Gasteiger charge is -2.31. The van der Waals surface area contributed by atoms with E-state index in [4.69, 9.17) is 9.47 Å². The van der Waals surface area contributed by atoms with Crippen LogP contribution in [0.25, 0.3) is 6.08 Å². The van der Waals surface area contributed by atoms with Gasteiger partial charge in [-0.1, -0.05) is 54.8 Å². The van der Waals surface area contributed by atoms with E-state index in [9.17, 15) is 9.59 Å². The average molecular weight is 492 g/mol. The van der Waals surface area contributed by atoms with Crippen LogP contribution in [0.15, 0.2) is 53.2 Å². The number of amidine groups is 1. The monoisotopic (exact) mass is 491 g/mol. The molecule has 2 aliphatic heterocycles. The summed E-state index contributed by atoms with van der Waals surface area (Å²) < 4.78 is 10.8. The summed E-state index contributed by atoms with van der Waals surface area (Å²) in [6.07, 6.45) is 7.46. The van der Waals surface area contributed by atoms with Crippen molar-refractivity contribution in [1.82, 2.24) is 4.90 Å². The van der Waals surface area contributed by atoms with Gasteiger partial charge in [0, 0.05) is 13.1 Å². The Hall–Kier alpha value is -3.26. The van der Waals surface area contributed by atoms with Gasteiger partial charge in [-0.15, -0.1) is 0 Å². The van der Waals surface area contributed by atoms with Crippen molar-refractivity contribution in [2.45, 2.75) is 45.1 Å². The SMILES string of the molecule is Cc1ccc(N2C(=O)/C(=C/c3ccc4c(c3)OCO4)N=C2SCC(=O)N(C)C2CCCCC2)cc1. The number of hydrogen-bond donors (Lipinski definition) is 0. The van der Waals surface area contributed by atoms with Gasteiger partial charge in [-0.25, -0.2) is 4.99 Å². The Labute approximate surface area is 209 Å². The molecule has 0 N–H and O–H groups in total. The molecule has 0 spiro atoms. The highest BCUT2D eigenvalue weighted by atomic mass is 32.2. The standard InChI is InChI=1S/C27H29N3O4S/c1-18-8-11-21(12-9-18)30-26(32)22(14-19-10-13-23-24(15-19)34-17-33-23)28-27(30)35-16-25(31)29(2)20-6-4-3-5-7-20/h8-15,20H,3-7,16-17H2,1-2H3/b22-14-. The maximum Gasteiger partial charge on any atom is 0.283 e. The van der Waals surface area contributed by atoms with E-state index in [-0.39, 0.29) is 24.4 Å². The van der Waals surface area contributed by atoms with Crippen LogP contribution in [0.4, 0.5) is 5.69 Å². The molecule has 5 rings (SSSR count). The van der Waals surface area contributed by atoms with Gasteiger partial charge in [0.1, 0.15) is 5.70 Å². The van der Waals surface area contributed by atoms with Gasteiger partial charge in [0.25, 0.3) is 5.91 Å². The van der Waals surface area contributed by atoms with Gasteiger partial charge in [-0.05, 0) is 55.7 Å². The van der Waals surface area contributed by atoms with Crippen LogP contribution < -0.4 is 14.4 Å². The van der Waals surface area contributed by atoms with E-state index in [0.29, 0.717) is 28.4 Å². The molecular formula is C27H29N3O4S. The lowest BCUT2D eigenvalue weighted by molar-refractivity contribution is -0.129.